The van der Waals surface area contributed by atoms with Crippen molar-refractivity contribution in [3.8, 4) is 16.9 Å². The zero-order valence-corrected chi connectivity index (χ0v) is 15.5. The molecule has 0 bridgehead atoms. The Bertz CT molecular complexity index is 897. The minimum absolute atomic E-state index is 0.0504. The van der Waals surface area contributed by atoms with Crippen LogP contribution in [0.5, 0.6) is 0 Å². The van der Waals surface area contributed by atoms with Crippen molar-refractivity contribution in [3.05, 3.63) is 72.4 Å². The second-order valence-electron chi connectivity index (χ2n) is 7.09. The van der Waals surface area contributed by atoms with E-state index in [1.54, 1.807) is 4.68 Å². The number of likely N-dealkylation sites (tertiary alicyclic amines) is 1. The first kappa shape index (κ1) is 17.5. The van der Waals surface area contributed by atoms with Crippen LogP contribution in [0.4, 0.5) is 0 Å². The van der Waals surface area contributed by atoms with Gasteiger partial charge in [-0.25, -0.2) is 4.68 Å². The molecular formula is C22H24N4O. The van der Waals surface area contributed by atoms with Crippen LogP contribution in [-0.4, -0.2) is 46.8 Å². The van der Waals surface area contributed by atoms with Crippen LogP contribution in [0.25, 0.3) is 16.9 Å². The molecule has 5 nitrogen and oxygen atoms in total. The molecule has 2 aromatic carbocycles. The maximum Gasteiger partial charge on any atom is 0.255 e. The minimum Gasteiger partial charge on any atom is -0.349 e. The molecule has 0 spiro atoms. The fraction of sp³-hybridized carbons (Fsp3) is 0.273. The molecule has 2 heterocycles. The van der Waals surface area contributed by atoms with Gasteiger partial charge in [0.15, 0.2) is 0 Å². The summed E-state index contributed by atoms with van der Waals surface area (Å²) in [5.41, 5.74) is 3.21. The van der Waals surface area contributed by atoms with E-state index in [4.69, 9.17) is 5.10 Å². The Kier molecular flexibility index (Phi) is 5.03. The van der Waals surface area contributed by atoms with Gasteiger partial charge in [0.2, 0.25) is 0 Å². The van der Waals surface area contributed by atoms with Gasteiger partial charge in [0.1, 0.15) is 5.69 Å². The molecule has 0 aliphatic carbocycles. The molecule has 1 aliphatic heterocycles. The number of carbonyl (C=O) groups excluding carboxylic acids is 1. The third-order valence-corrected chi connectivity index (χ3v) is 5.08. The highest BCUT2D eigenvalue weighted by Gasteiger charge is 2.23. The number of amides is 1. The lowest BCUT2D eigenvalue weighted by atomic mass is 10.0. The van der Waals surface area contributed by atoms with Gasteiger partial charge < -0.3 is 10.2 Å². The Morgan fingerprint density at radius 2 is 1.63 bits per heavy atom. The Balaban J connectivity index is 1.65. The predicted octanol–water partition coefficient (Wildman–Crippen LogP) is 3.36. The van der Waals surface area contributed by atoms with Gasteiger partial charge in [-0.3, -0.25) is 4.79 Å². The molecule has 138 valence electrons. The number of aromatic nitrogens is 2. The molecule has 1 saturated heterocycles. The number of para-hydroxylation sites is 1. The predicted molar refractivity (Wildman–Crippen MR) is 107 cm³/mol. The first-order valence-electron chi connectivity index (χ1n) is 9.40. The molecule has 0 radical (unpaired) electrons. The molecule has 1 aromatic heterocycles. The zero-order valence-electron chi connectivity index (χ0n) is 15.5. The lowest BCUT2D eigenvalue weighted by Crippen LogP contribution is -2.43. The Hall–Kier alpha value is -2.92. The molecule has 27 heavy (non-hydrogen) atoms. The van der Waals surface area contributed by atoms with E-state index < -0.39 is 0 Å². The number of nitrogens with one attached hydrogen (secondary N) is 1. The van der Waals surface area contributed by atoms with Gasteiger partial charge in [0.05, 0.1) is 11.3 Å². The number of piperidine rings is 1. The highest BCUT2D eigenvalue weighted by Crippen LogP contribution is 2.24. The topological polar surface area (TPSA) is 50.2 Å². The molecule has 0 atom stereocenters. The molecule has 0 unspecified atom stereocenters. The van der Waals surface area contributed by atoms with Crippen LogP contribution in [-0.2, 0) is 0 Å². The fourth-order valence-corrected chi connectivity index (χ4v) is 3.48. The van der Waals surface area contributed by atoms with Crippen LogP contribution in [0.15, 0.2) is 66.9 Å². The lowest BCUT2D eigenvalue weighted by Gasteiger charge is -2.29. The minimum atomic E-state index is -0.0504. The summed E-state index contributed by atoms with van der Waals surface area (Å²) in [5, 5.41) is 7.94. The summed E-state index contributed by atoms with van der Waals surface area (Å²) in [6.45, 7) is 2.03. The van der Waals surface area contributed by atoms with Crippen LogP contribution in [0, 0.1) is 0 Å². The van der Waals surface area contributed by atoms with Gasteiger partial charge in [0.25, 0.3) is 5.91 Å². The van der Waals surface area contributed by atoms with Crippen LogP contribution in [0.2, 0.25) is 0 Å². The molecule has 1 fully saturated rings. The number of hydrogen-bond acceptors (Lipinski definition) is 3. The van der Waals surface area contributed by atoms with E-state index in [0.717, 1.165) is 37.2 Å². The van der Waals surface area contributed by atoms with Crippen molar-refractivity contribution in [2.45, 2.75) is 18.9 Å². The van der Waals surface area contributed by atoms with Gasteiger partial charge in [-0.15, -0.1) is 0 Å². The number of benzene rings is 2. The van der Waals surface area contributed by atoms with Crippen molar-refractivity contribution in [3.63, 3.8) is 0 Å². The number of rotatable bonds is 4. The van der Waals surface area contributed by atoms with Crippen molar-refractivity contribution < 1.29 is 4.79 Å². The number of nitrogens with zero attached hydrogens (tertiary/aromatic N) is 3. The second-order valence-corrected chi connectivity index (χ2v) is 7.09. The third kappa shape index (κ3) is 3.93. The summed E-state index contributed by atoms with van der Waals surface area (Å²) in [6, 6.07) is 20.0. The maximum atomic E-state index is 13.1. The highest BCUT2D eigenvalue weighted by molar-refractivity contribution is 6.00. The molecular weight excluding hydrogens is 336 g/mol. The van der Waals surface area contributed by atoms with E-state index in [1.807, 2.05) is 66.9 Å². The molecule has 1 amide bonds. The van der Waals surface area contributed by atoms with Crippen molar-refractivity contribution in [1.29, 1.82) is 0 Å². The monoisotopic (exact) mass is 360 g/mol. The third-order valence-electron chi connectivity index (χ3n) is 5.08. The quantitative estimate of drug-likeness (QED) is 0.776. The van der Waals surface area contributed by atoms with Gasteiger partial charge in [-0.1, -0.05) is 48.5 Å². The average molecular weight is 360 g/mol. The fourth-order valence-electron chi connectivity index (χ4n) is 3.48. The van der Waals surface area contributed by atoms with Gasteiger partial charge >= 0.3 is 0 Å². The van der Waals surface area contributed by atoms with Crippen molar-refractivity contribution in [2.24, 2.45) is 0 Å². The summed E-state index contributed by atoms with van der Waals surface area (Å²) in [7, 11) is 2.12. The molecule has 3 aromatic rings. The molecule has 5 heteroatoms. The molecule has 4 rings (SSSR count). The van der Waals surface area contributed by atoms with E-state index in [0.29, 0.717) is 11.3 Å². The average Bonchev–Trinajstić information content (AvgIpc) is 3.17. The summed E-state index contributed by atoms with van der Waals surface area (Å²) < 4.78 is 1.78. The molecule has 1 aliphatic rings. The second kappa shape index (κ2) is 7.76. The Morgan fingerprint density at radius 1 is 1.00 bits per heavy atom. The van der Waals surface area contributed by atoms with E-state index in [9.17, 15) is 4.79 Å². The summed E-state index contributed by atoms with van der Waals surface area (Å²) >= 11 is 0. The van der Waals surface area contributed by atoms with Gasteiger partial charge in [-0.2, -0.15) is 5.10 Å². The van der Waals surface area contributed by atoms with Crippen molar-refractivity contribution >= 4 is 5.91 Å². The van der Waals surface area contributed by atoms with E-state index in [-0.39, 0.29) is 11.9 Å². The molecule has 1 N–H and O–H groups in total. The lowest BCUT2D eigenvalue weighted by molar-refractivity contribution is 0.0917. The Morgan fingerprint density at radius 3 is 2.30 bits per heavy atom. The molecule has 0 saturated carbocycles. The number of hydrogen-bond donors (Lipinski definition) is 1. The standard InChI is InChI=1S/C22H24N4O/c1-25-14-12-18(13-15-25)23-22(27)20-16-26(19-10-6-3-7-11-19)24-21(20)17-8-4-2-5-9-17/h2-11,16,18H,12-15H2,1H3,(H,23,27). The van der Waals surface area contributed by atoms with E-state index in [1.165, 1.54) is 0 Å². The van der Waals surface area contributed by atoms with Gasteiger partial charge in [0, 0.05) is 17.8 Å². The van der Waals surface area contributed by atoms with Crippen LogP contribution >= 0.6 is 0 Å². The Labute approximate surface area is 159 Å². The van der Waals surface area contributed by atoms with Gasteiger partial charge in [-0.05, 0) is 45.1 Å². The first-order chi connectivity index (χ1) is 13.2. The van der Waals surface area contributed by atoms with Crippen LogP contribution in [0.3, 0.4) is 0 Å². The summed E-state index contributed by atoms with van der Waals surface area (Å²) in [6.07, 6.45) is 3.80. The SMILES string of the molecule is CN1CCC(NC(=O)c2cn(-c3ccccc3)nc2-c2ccccc2)CC1. The smallest absolute Gasteiger partial charge is 0.255 e. The normalized spacial score (nSPS) is 15.6. The highest BCUT2D eigenvalue weighted by atomic mass is 16.1. The largest absolute Gasteiger partial charge is 0.349 e. The zero-order chi connectivity index (χ0) is 18.6. The van der Waals surface area contributed by atoms with Crippen LogP contribution in [0.1, 0.15) is 23.2 Å². The summed E-state index contributed by atoms with van der Waals surface area (Å²) in [5.74, 6) is -0.0504. The van der Waals surface area contributed by atoms with Crippen LogP contribution < -0.4 is 5.32 Å². The maximum absolute atomic E-state index is 13.1. The first-order valence-corrected chi connectivity index (χ1v) is 9.40. The van der Waals surface area contributed by atoms with Crippen molar-refractivity contribution in [2.75, 3.05) is 20.1 Å². The summed E-state index contributed by atoms with van der Waals surface area (Å²) in [4.78, 5) is 15.4. The van der Waals surface area contributed by atoms with E-state index >= 15 is 0 Å². The van der Waals surface area contributed by atoms with Crippen molar-refractivity contribution in [1.82, 2.24) is 20.0 Å². The van der Waals surface area contributed by atoms with E-state index in [2.05, 4.69) is 17.3 Å². The number of carbonyl (C=O) groups is 1.